The Bertz CT molecular complexity index is 1210. The molecule has 0 saturated carbocycles. The first-order chi connectivity index (χ1) is 15.3. The molecule has 32 heavy (non-hydrogen) atoms. The largest absolute Gasteiger partial charge is 0.343 e. The predicted octanol–water partition coefficient (Wildman–Crippen LogP) is 4.12. The molecule has 0 aliphatic carbocycles. The third-order valence-corrected chi connectivity index (χ3v) is 5.45. The molecule has 0 aliphatic heterocycles. The van der Waals surface area contributed by atoms with E-state index < -0.39 is 21.8 Å². The van der Waals surface area contributed by atoms with Gasteiger partial charge < -0.3 is 10.6 Å². The summed E-state index contributed by atoms with van der Waals surface area (Å²) in [6.07, 6.45) is 1.49. The van der Waals surface area contributed by atoms with Gasteiger partial charge in [-0.3, -0.25) is 14.3 Å². The third-order valence-electron chi connectivity index (χ3n) is 4.18. The van der Waals surface area contributed by atoms with Gasteiger partial charge in [-0.25, -0.2) is 8.42 Å². The van der Waals surface area contributed by atoms with Crippen LogP contribution in [0.2, 0.25) is 5.02 Å². The van der Waals surface area contributed by atoms with Crippen LogP contribution in [0, 0.1) is 0 Å². The SMILES string of the molecule is O=C(CNC(=O)c1ccc(NS(=O)(=O)/C=C/c2ccccc2)cc1)Nc1ccc(Cl)cc1. The van der Waals surface area contributed by atoms with E-state index in [0.717, 1.165) is 11.0 Å². The molecule has 0 aromatic heterocycles. The molecule has 0 aliphatic rings. The second kappa shape index (κ2) is 10.6. The molecule has 0 bridgehead atoms. The molecule has 0 spiro atoms. The normalized spacial score (nSPS) is 11.2. The van der Waals surface area contributed by atoms with Crippen molar-refractivity contribution in [3.8, 4) is 0 Å². The summed E-state index contributed by atoms with van der Waals surface area (Å²) in [5.41, 5.74) is 1.91. The average molecular weight is 470 g/mol. The predicted molar refractivity (Wildman–Crippen MR) is 127 cm³/mol. The van der Waals surface area contributed by atoms with E-state index >= 15 is 0 Å². The van der Waals surface area contributed by atoms with Crippen molar-refractivity contribution in [1.82, 2.24) is 5.32 Å². The van der Waals surface area contributed by atoms with Gasteiger partial charge in [0.05, 0.1) is 12.0 Å². The number of hydrogen-bond donors (Lipinski definition) is 3. The Morgan fingerprint density at radius 1 is 0.844 bits per heavy atom. The van der Waals surface area contributed by atoms with Crippen LogP contribution in [0.3, 0.4) is 0 Å². The van der Waals surface area contributed by atoms with Crippen LogP contribution in [0.4, 0.5) is 11.4 Å². The summed E-state index contributed by atoms with van der Waals surface area (Å²) in [4.78, 5) is 24.2. The van der Waals surface area contributed by atoms with Gasteiger partial charge in [0.1, 0.15) is 0 Å². The van der Waals surface area contributed by atoms with Gasteiger partial charge in [0.15, 0.2) is 0 Å². The highest BCUT2D eigenvalue weighted by atomic mass is 35.5. The number of carbonyl (C=O) groups is 2. The zero-order chi connectivity index (χ0) is 23.0. The van der Waals surface area contributed by atoms with Crippen molar-refractivity contribution in [2.45, 2.75) is 0 Å². The van der Waals surface area contributed by atoms with Crippen LogP contribution in [-0.2, 0) is 14.8 Å². The Morgan fingerprint density at radius 3 is 2.12 bits per heavy atom. The molecular formula is C23H20ClN3O4S. The number of benzene rings is 3. The second-order valence-corrected chi connectivity index (χ2v) is 8.68. The fourth-order valence-corrected chi connectivity index (χ4v) is 3.62. The lowest BCUT2D eigenvalue weighted by molar-refractivity contribution is -0.115. The molecule has 0 fully saturated rings. The first-order valence-electron chi connectivity index (χ1n) is 9.50. The minimum atomic E-state index is -3.71. The fourth-order valence-electron chi connectivity index (χ4n) is 2.62. The summed E-state index contributed by atoms with van der Waals surface area (Å²) >= 11 is 5.80. The number of sulfonamides is 1. The minimum absolute atomic E-state index is 0.222. The number of amides is 2. The molecule has 2 amide bonds. The molecule has 3 rings (SSSR count). The average Bonchev–Trinajstić information content (AvgIpc) is 2.79. The molecule has 0 radical (unpaired) electrons. The molecule has 0 heterocycles. The maximum Gasteiger partial charge on any atom is 0.255 e. The van der Waals surface area contributed by atoms with Crippen molar-refractivity contribution in [2.24, 2.45) is 0 Å². The van der Waals surface area contributed by atoms with Crippen molar-refractivity contribution < 1.29 is 18.0 Å². The highest BCUT2D eigenvalue weighted by Crippen LogP contribution is 2.14. The molecule has 9 heteroatoms. The standard InChI is InChI=1S/C23H20ClN3O4S/c24-19-8-12-20(13-9-19)26-22(28)16-25-23(29)18-6-10-21(11-7-18)27-32(30,31)15-14-17-4-2-1-3-5-17/h1-15,27H,16H2,(H,25,29)(H,26,28)/b15-14+. The molecule has 164 valence electrons. The smallest absolute Gasteiger partial charge is 0.255 e. The molecule has 3 aromatic carbocycles. The Hall–Kier alpha value is -3.62. The molecule has 7 nitrogen and oxygen atoms in total. The molecule has 0 saturated heterocycles. The zero-order valence-electron chi connectivity index (χ0n) is 16.8. The van der Waals surface area contributed by atoms with E-state index in [1.54, 1.807) is 36.4 Å². The summed E-state index contributed by atoms with van der Waals surface area (Å²) in [6.45, 7) is -0.222. The van der Waals surface area contributed by atoms with E-state index in [0.29, 0.717) is 16.4 Å². The van der Waals surface area contributed by atoms with E-state index in [1.807, 2.05) is 18.2 Å². The summed E-state index contributed by atoms with van der Waals surface area (Å²) in [5, 5.41) is 6.77. The Labute approximate surface area is 191 Å². The second-order valence-electron chi connectivity index (χ2n) is 6.68. The maximum atomic E-state index is 12.2. The number of halogens is 1. The lowest BCUT2D eigenvalue weighted by Gasteiger charge is -2.08. The van der Waals surface area contributed by atoms with Crippen molar-refractivity contribution in [2.75, 3.05) is 16.6 Å². The van der Waals surface area contributed by atoms with E-state index in [2.05, 4.69) is 15.4 Å². The van der Waals surface area contributed by atoms with Gasteiger partial charge in [0.2, 0.25) is 5.91 Å². The first-order valence-corrected chi connectivity index (χ1v) is 11.4. The molecule has 3 aromatic rings. The third kappa shape index (κ3) is 7.26. The summed E-state index contributed by atoms with van der Waals surface area (Å²) < 4.78 is 26.8. The number of nitrogens with one attached hydrogen (secondary N) is 3. The Kier molecular flexibility index (Phi) is 7.64. The van der Waals surface area contributed by atoms with E-state index in [1.165, 1.54) is 30.3 Å². The zero-order valence-corrected chi connectivity index (χ0v) is 18.4. The van der Waals surface area contributed by atoms with Crippen molar-refractivity contribution in [3.05, 3.63) is 100 Å². The van der Waals surface area contributed by atoms with Gasteiger partial charge in [-0.15, -0.1) is 0 Å². The summed E-state index contributed by atoms with van der Waals surface area (Å²) in [5.74, 6) is -0.857. The van der Waals surface area contributed by atoms with Gasteiger partial charge in [-0.05, 0) is 60.2 Å². The van der Waals surface area contributed by atoms with E-state index in [-0.39, 0.29) is 12.1 Å². The maximum absolute atomic E-state index is 12.2. The molecule has 3 N–H and O–H groups in total. The van der Waals surface area contributed by atoms with Crippen LogP contribution in [0.25, 0.3) is 6.08 Å². The van der Waals surface area contributed by atoms with Gasteiger partial charge in [0.25, 0.3) is 15.9 Å². The van der Waals surface area contributed by atoms with Crippen LogP contribution in [0.1, 0.15) is 15.9 Å². The highest BCUT2D eigenvalue weighted by molar-refractivity contribution is 7.95. The number of rotatable bonds is 8. The highest BCUT2D eigenvalue weighted by Gasteiger charge is 2.10. The van der Waals surface area contributed by atoms with Crippen LogP contribution >= 0.6 is 11.6 Å². The molecule has 0 atom stereocenters. The van der Waals surface area contributed by atoms with Crippen molar-refractivity contribution in [3.63, 3.8) is 0 Å². The van der Waals surface area contributed by atoms with Crippen LogP contribution in [-0.4, -0.2) is 26.8 Å². The molecular weight excluding hydrogens is 450 g/mol. The number of anilines is 2. The summed E-state index contributed by atoms with van der Waals surface area (Å²) in [6, 6.07) is 21.5. The number of hydrogen-bond acceptors (Lipinski definition) is 4. The lowest BCUT2D eigenvalue weighted by Crippen LogP contribution is -2.32. The first kappa shape index (κ1) is 23.1. The van der Waals surface area contributed by atoms with Gasteiger partial charge >= 0.3 is 0 Å². The quantitative estimate of drug-likeness (QED) is 0.461. The monoisotopic (exact) mass is 469 g/mol. The minimum Gasteiger partial charge on any atom is -0.343 e. The fraction of sp³-hybridized carbons (Fsp3) is 0.0435. The topological polar surface area (TPSA) is 104 Å². The van der Waals surface area contributed by atoms with E-state index in [9.17, 15) is 18.0 Å². The van der Waals surface area contributed by atoms with Crippen LogP contribution in [0.15, 0.2) is 84.3 Å². The van der Waals surface area contributed by atoms with Crippen molar-refractivity contribution >= 4 is 50.9 Å². The Balaban J connectivity index is 1.51. The number of carbonyl (C=O) groups excluding carboxylic acids is 2. The Morgan fingerprint density at radius 2 is 1.47 bits per heavy atom. The van der Waals surface area contributed by atoms with Gasteiger partial charge in [-0.1, -0.05) is 41.9 Å². The van der Waals surface area contributed by atoms with Crippen molar-refractivity contribution in [1.29, 1.82) is 0 Å². The molecule has 0 unspecified atom stereocenters. The summed E-state index contributed by atoms with van der Waals surface area (Å²) in [7, 11) is -3.71. The van der Waals surface area contributed by atoms with Gasteiger partial charge in [0, 0.05) is 22.0 Å². The van der Waals surface area contributed by atoms with E-state index in [4.69, 9.17) is 11.6 Å². The van der Waals surface area contributed by atoms with Gasteiger partial charge in [-0.2, -0.15) is 0 Å². The van der Waals surface area contributed by atoms with Crippen LogP contribution in [0.5, 0.6) is 0 Å². The van der Waals surface area contributed by atoms with Crippen LogP contribution < -0.4 is 15.4 Å². The lowest BCUT2D eigenvalue weighted by atomic mass is 10.2.